The fourth-order valence-corrected chi connectivity index (χ4v) is 8.00. The molecule has 4 aliphatic carbocycles. The number of hydrogen-bond acceptors (Lipinski definition) is 3. The molecule has 0 aliphatic heterocycles. The molecule has 4 nitrogen and oxygen atoms in total. The summed E-state index contributed by atoms with van der Waals surface area (Å²) in [7, 11) is 0. The molecule has 3 saturated carbocycles. The Morgan fingerprint density at radius 2 is 2.07 bits per heavy atom. The van der Waals surface area contributed by atoms with Crippen LogP contribution in [0.1, 0.15) is 59.8 Å². The van der Waals surface area contributed by atoms with E-state index in [0.29, 0.717) is 25.0 Å². The first-order valence-corrected chi connectivity index (χ1v) is 10.9. The second-order valence-corrected chi connectivity index (χ2v) is 9.90. The first-order valence-electron chi connectivity index (χ1n) is 10.9. The van der Waals surface area contributed by atoms with E-state index in [1.54, 1.807) is 0 Å². The zero-order valence-corrected chi connectivity index (χ0v) is 17.2. The number of carbonyl (C=O) groups is 2. The molecule has 0 spiro atoms. The van der Waals surface area contributed by atoms with Crippen LogP contribution >= 0.6 is 0 Å². The van der Waals surface area contributed by atoms with Crippen LogP contribution in [0.3, 0.4) is 0 Å². The number of fused-ring (bicyclic) bond motifs is 2. The molecule has 0 saturated heterocycles. The predicted octanol–water partition coefficient (Wildman–Crippen LogP) is 4.34. The zero-order chi connectivity index (χ0) is 19.6. The Hall–Kier alpha value is -1.16. The molecule has 3 fully saturated rings. The summed E-state index contributed by atoms with van der Waals surface area (Å²) in [6, 6.07) is 0. The second kappa shape index (κ2) is 6.43. The van der Waals surface area contributed by atoms with E-state index >= 15 is 0 Å². The van der Waals surface area contributed by atoms with Crippen LogP contribution in [0.4, 0.5) is 0 Å². The molecule has 27 heavy (non-hydrogen) atoms. The van der Waals surface area contributed by atoms with E-state index in [-0.39, 0.29) is 23.7 Å². The van der Waals surface area contributed by atoms with Gasteiger partial charge in [0.05, 0.1) is 6.61 Å². The lowest BCUT2D eigenvalue weighted by Gasteiger charge is -2.54. The van der Waals surface area contributed by atoms with Crippen LogP contribution in [0.25, 0.3) is 0 Å². The molecule has 1 N–H and O–H groups in total. The lowest BCUT2D eigenvalue weighted by atomic mass is 9.47. The van der Waals surface area contributed by atoms with E-state index < -0.39 is 16.8 Å². The lowest BCUT2D eigenvalue weighted by molar-refractivity contribution is -0.169. The summed E-state index contributed by atoms with van der Waals surface area (Å²) >= 11 is 0. The molecule has 4 aliphatic rings. The molecular weight excluding hydrogens is 340 g/mol. The highest BCUT2D eigenvalue weighted by Gasteiger charge is 2.79. The van der Waals surface area contributed by atoms with Crippen molar-refractivity contribution >= 4 is 12.3 Å². The third-order valence-electron chi connectivity index (χ3n) is 8.65. The number of rotatable bonds is 7. The van der Waals surface area contributed by atoms with E-state index in [1.807, 2.05) is 0 Å². The van der Waals surface area contributed by atoms with Gasteiger partial charge in [-0.25, -0.2) is 0 Å². The van der Waals surface area contributed by atoms with Crippen molar-refractivity contribution in [3.63, 3.8) is 0 Å². The highest BCUT2D eigenvalue weighted by molar-refractivity contribution is 5.90. The Morgan fingerprint density at radius 1 is 1.33 bits per heavy atom. The fraction of sp³-hybridized carbons (Fsp3) is 0.826. The topological polar surface area (TPSA) is 63.6 Å². The monoisotopic (exact) mass is 374 g/mol. The highest BCUT2D eigenvalue weighted by atomic mass is 16.5. The number of carboxylic acid groups (broad SMARTS) is 1. The molecule has 4 heteroatoms. The van der Waals surface area contributed by atoms with Crippen LogP contribution in [0.15, 0.2) is 11.1 Å². The molecule has 0 heterocycles. The van der Waals surface area contributed by atoms with Gasteiger partial charge in [-0.1, -0.05) is 34.1 Å². The van der Waals surface area contributed by atoms with Crippen LogP contribution < -0.4 is 0 Å². The second-order valence-electron chi connectivity index (χ2n) is 9.90. The van der Waals surface area contributed by atoms with Crippen molar-refractivity contribution in [2.45, 2.75) is 59.8 Å². The van der Waals surface area contributed by atoms with Gasteiger partial charge in [0.1, 0.15) is 11.7 Å². The van der Waals surface area contributed by atoms with Gasteiger partial charge in [-0.3, -0.25) is 4.79 Å². The number of hydrogen-bond donors (Lipinski definition) is 1. The molecule has 0 aromatic heterocycles. The molecule has 0 radical (unpaired) electrons. The lowest BCUT2D eigenvalue weighted by Crippen LogP contribution is -2.58. The Balaban J connectivity index is 1.88. The molecule has 4 bridgehead atoms. The number of ether oxygens (including phenoxy) is 1. The summed E-state index contributed by atoms with van der Waals surface area (Å²) in [4.78, 5) is 25.7. The molecule has 0 aromatic carbocycles. The Labute approximate surface area is 162 Å². The van der Waals surface area contributed by atoms with Crippen LogP contribution in [-0.2, 0) is 14.3 Å². The first-order chi connectivity index (χ1) is 12.9. The summed E-state index contributed by atoms with van der Waals surface area (Å²) < 4.78 is 5.92. The summed E-state index contributed by atoms with van der Waals surface area (Å²) in [5.41, 5.74) is 0.549. The van der Waals surface area contributed by atoms with Crippen molar-refractivity contribution in [3.05, 3.63) is 11.1 Å². The van der Waals surface area contributed by atoms with E-state index in [0.717, 1.165) is 44.0 Å². The zero-order valence-electron chi connectivity index (χ0n) is 17.2. The predicted molar refractivity (Wildman–Crippen MR) is 103 cm³/mol. The van der Waals surface area contributed by atoms with Crippen molar-refractivity contribution < 1.29 is 19.4 Å². The van der Waals surface area contributed by atoms with Gasteiger partial charge in [0, 0.05) is 12.0 Å². The average Bonchev–Trinajstić information content (AvgIpc) is 3.19. The average molecular weight is 375 g/mol. The van der Waals surface area contributed by atoms with Crippen LogP contribution in [0, 0.1) is 46.3 Å². The molecule has 0 unspecified atom stereocenters. The van der Waals surface area contributed by atoms with Crippen molar-refractivity contribution in [2.24, 2.45) is 46.3 Å². The largest absolute Gasteiger partial charge is 0.481 e. The molecule has 150 valence electrons. The highest BCUT2D eigenvalue weighted by Crippen LogP contribution is 2.79. The fourth-order valence-electron chi connectivity index (χ4n) is 8.00. The minimum Gasteiger partial charge on any atom is -0.481 e. The van der Waals surface area contributed by atoms with Crippen molar-refractivity contribution in [1.29, 1.82) is 0 Å². The summed E-state index contributed by atoms with van der Waals surface area (Å²) in [6.07, 6.45) is 5.88. The molecule has 0 amide bonds. The van der Waals surface area contributed by atoms with Gasteiger partial charge in [0.2, 0.25) is 0 Å². The third kappa shape index (κ3) is 2.14. The minimum atomic E-state index is -0.996. The van der Waals surface area contributed by atoms with E-state index in [1.165, 1.54) is 5.57 Å². The Bertz CT molecular complexity index is 680. The molecule has 7 atom stereocenters. The van der Waals surface area contributed by atoms with Gasteiger partial charge < -0.3 is 14.6 Å². The standard InChI is InChI=1S/C23H34O4/c1-5-8-27-11-17-16-10-22(12-24)18-7-6-14(4)15(18)9-19(16)23(22,21(25)26)20(17)13(2)3/h12-16,18-19H,5-11H2,1-4H3,(H,25,26)/t14-,15-,16-,18-,19-,22-,23-/m1/s1. The van der Waals surface area contributed by atoms with Crippen molar-refractivity contribution in [1.82, 2.24) is 0 Å². The van der Waals surface area contributed by atoms with Gasteiger partial charge in [-0.2, -0.15) is 0 Å². The molecular formula is C23H34O4. The smallest absolute Gasteiger partial charge is 0.315 e. The quantitative estimate of drug-likeness (QED) is 0.409. The van der Waals surface area contributed by atoms with Gasteiger partial charge in [-0.15, -0.1) is 0 Å². The van der Waals surface area contributed by atoms with Crippen molar-refractivity contribution in [2.75, 3.05) is 13.2 Å². The molecule has 0 aromatic rings. The normalized spacial score (nSPS) is 44.9. The Kier molecular flexibility index (Phi) is 4.57. The maximum atomic E-state index is 13.0. The van der Waals surface area contributed by atoms with Gasteiger partial charge >= 0.3 is 5.97 Å². The summed E-state index contributed by atoms with van der Waals surface area (Å²) in [5.74, 6) is 0.982. The van der Waals surface area contributed by atoms with Crippen molar-refractivity contribution in [3.8, 4) is 0 Å². The molecule has 4 rings (SSSR count). The number of carboxylic acids is 1. The number of aldehydes is 1. The third-order valence-corrected chi connectivity index (χ3v) is 8.65. The van der Waals surface area contributed by atoms with E-state index in [9.17, 15) is 14.7 Å². The van der Waals surface area contributed by atoms with Crippen LogP contribution in [-0.4, -0.2) is 30.6 Å². The maximum absolute atomic E-state index is 13.0. The summed E-state index contributed by atoms with van der Waals surface area (Å²) in [6.45, 7) is 9.83. The Morgan fingerprint density at radius 3 is 2.67 bits per heavy atom. The van der Waals surface area contributed by atoms with Crippen LogP contribution in [0.5, 0.6) is 0 Å². The van der Waals surface area contributed by atoms with E-state index in [2.05, 4.69) is 27.7 Å². The SMILES string of the molecule is CCCOCC1=C(C(C)C)[C@@]2(C(=O)O)[C@@H]3C[C@@H]4[C@H](C)CC[C@H]4[C@]2(C=O)C[C@H]13. The maximum Gasteiger partial charge on any atom is 0.315 e. The number of carbonyl (C=O) groups excluding carboxylic acids is 1. The van der Waals surface area contributed by atoms with Crippen LogP contribution in [0.2, 0.25) is 0 Å². The summed E-state index contributed by atoms with van der Waals surface area (Å²) in [5, 5.41) is 10.7. The number of aliphatic carboxylic acids is 1. The van der Waals surface area contributed by atoms with Gasteiger partial charge in [0.25, 0.3) is 0 Å². The van der Waals surface area contributed by atoms with Gasteiger partial charge in [-0.05, 0) is 72.3 Å². The first kappa shape index (κ1) is 19.2. The van der Waals surface area contributed by atoms with E-state index in [4.69, 9.17) is 4.74 Å². The minimum absolute atomic E-state index is 0.0691. The van der Waals surface area contributed by atoms with Gasteiger partial charge in [0.15, 0.2) is 0 Å².